The molecule has 0 aromatic heterocycles. The number of nitrogens with two attached hydrogens (primary N) is 1. The first-order valence-electron chi connectivity index (χ1n) is 3.97. The minimum absolute atomic E-state index is 0.496. The number of rotatable bonds is 2. The molecule has 4 nitrogen and oxygen atoms in total. The molecule has 0 heterocycles. The Morgan fingerprint density at radius 3 is 2.21 bits per heavy atom. The minimum atomic E-state index is -3.56. The lowest BCUT2D eigenvalue weighted by Crippen LogP contribution is -2.19. The average molecular weight is 210 g/mol. The maximum Gasteiger partial charge on any atom is 0.215 e. The molecule has 0 fully saturated rings. The van der Waals surface area contributed by atoms with Crippen LogP contribution < -0.4 is 5.14 Å². The Labute approximate surface area is 83.0 Å². The Morgan fingerprint density at radius 1 is 1.36 bits per heavy atom. The van der Waals surface area contributed by atoms with Gasteiger partial charge in [0.1, 0.15) is 0 Å². The molecule has 74 valence electrons. The molecule has 14 heavy (non-hydrogen) atoms. The number of primary sulfonamides is 1. The third-order valence-electron chi connectivity index (χ3n) is 2.00. The lowest BCUT2D eigenvalue weighted by Gasteiger charge is -2.08. The number of nitriles is 1. The molecule has 0 spiro atoms. The van der Waals surface area contributed by atoms with Gasteiger partial charge in [0.05, 0.1) is 16.9 Å². The van der Waals surface area contributed by atoms with E-state index in [0.29, 0.717) is 11.1 Å². The molecule has 1 atom stereocenters. The highest BCUT2D eigenvalue weighted by atomic mass is 32.2. The fourth-order valence-corrected chi connectivity index (χ4v) is 1.55. The van der Waals surface area contributed by atoms with Gasteiger partial charge >= 0.3 is 0 Å². The highest BCUT2D eigenvalue weighted by Gasteiger charge is 2.17. The van der Waals surface area contributed by atoms with Crippen LogP contribution in [-0.2, 0) is 10.0 Å². The summed E-state index contributed by atoms with van der Waals surface area (Å²) in [5.74, 6) is 0. The summed E-state index contributed by atoms with van der Waals surface area (Å²) in [5, 5.41) is 12.8. The molecule has 0 saturated carbocycles. The molecule has 1 rings (SSSR count). The van der Waals surface area contributed by atoms with Crippen LogP contribution in [0.1, 0.15) is 23.3 Å². The van der Waals surface area contributed by atoms with E-state index in [-0.39, 0.29) is 0 Å². The molecule has 1 aromatic rings. The molecule has 0 unspecified atom stereocenters. The Kier molecular flexibility index (Phi) is 2.89. The van der Waals surface area contributed by atoms with Gasteiger partial charge < -0.3 is 0 Å². The summed E-state index contributed by atoms with van der Waals surface area (Å²) in [6, 6.07) is 8.27. The van der Waals surface area contributed by atoms with Gasteiger partial charge in [-0.15, -0.1) is 0 Å². The maximum absolute atomic E-state index is 11.0. The molecule has 0 radical (unpaired) electrons. The predicted octanol–water partition coefficient (Wildman–Crippen LogP) is 0.908. The van der Waals surface area contributed by atoms with Gasteiger partial charge in [0, 0.05) is 0 Å². The summed E-state index contributed by atoms with van der Waals surface area (Å²) in [5.41, 5.74) is 1.09. The van der Waals surface area contributed by atoms with Gasteiger partial charge in [0.25, 0.3) is 0 Å². The zero-order chi connectivity index (χ0) is 10.8. The Balaban J connectivity index is 3.06. The number of hydrogen-bond acceptors (Lipinski definition) is 3. The van der Waals surface area contributed by atoms with E-state index >= 15 is 0 Å². The third-order valence-corrected chi connectivity index (χ3v) is 3.26. The highest BCUT2D eigenvalue weighted by molar-refractivity contribution is 7.89. The van der Waals surface area contributed by atoms with Crippen LogP contribution in [-0.4, -0.2) is 8.42 Å². The molecule has 1 aromatic carbocycles. The van der Waals surface area contributed by atoms with Crippen LogP contribution in [0.15, 0.2) is 24.3 Å². The van der Waals surface area contributed by atoms with Crippen molar-refractivity contribution in [3.63, 3.8) is 0 Å². The van der Waals surface area contributed by atoms with Crippen LogP contribution in [0.5, 0.6) is 0 Å². The molecule has 0 amide bonds. The first-order valence-corrected chi connectivity index (χ1v) is 5.58. The van der Waals surface area contributed by atoms with Crippen LogP contribution >= 0.6 is 0 Å². The van der Waals surface area contributed by atoms with Gasteiger partial charge in [-0.05, 0) is 24.6 Å². The van der Waals surface area contributed by atoms with E-state index in [2.05, 4.69) is 0 Å². The molecule has 5 heteroatoms. The zero-order valence-corrected chi connectivity index (χ0v) is 8.45. The zero-order valence-electron chi connectivity index (χ0n) is 7.64. The number of sulfonamides is 1. The normalized spacial score (nSPS) is 13.2. The van der Waals surface area contributed by atoms with E-state index in [1.807, 2.05) is 6.07 Å². The van der Waals surface area contributed by atoms with Gasteiger partial charge in [0.2, 0.25) is 10.0 Å². The second-order valence-corrected chi connectivity index (χ2v) is 4.85. The van der Waals surface area contributed by atoms with Crippen LogP contribution in [0.2, 0.25) is 0 Å². The Morgan fingerprint density at radius 2 is 1.86 bits per heavy atom. The lowest BCUT2D eigenvalue weighted by molar-refractivity contribution is 0.588. The van der Waals surface area contributed by atoms with Crippen molar-refractivity contribution in [1.29, 1.82) is 5.26 Å². The largest absolute Gasteiger partial charge is 0.228 e. The Bertz CT molecular complexity index is 457. The molecule has 0 bridgehead atoms. The van der Waals surface area contributed by atoms with Crippen LogP contribution in [0.4, 0.5) is 0 Å². The number of hydrogen-bond donors (Lipinski definition) is 1. The van der Waals surface area contributed by atoms with Gasteiger partial charge in [-0.1, -0.05) is 12.1 Å². The van der Waals surface area contributed by atoms with E-state index in [9.17, 15) is 8.42 Å². The van der Waals surface area contributed by atoms with Crippen molar-refractivity contribution in [2.24, 2.45) is 5.14 Å². The van der Waals surface area contributed by atoms with E-state index in [0.717, 1.165) is 0 Å². The second kappa shape index (κ2) is 3.78. The summed E-state index contributed by atoms with van der Waals surface area (Å²) >= 11 is 0. The van der Waals surface area contributed by atoms with Gasteiger partial charge in [-0.3, -0.25) is 0 Å². The number of benzene rings is 1. The predicted molar refractivity (Wildman–Crippen MR) is 52.7 cm³/mol. The molecule has 0 aliphatic rings. The summed E-state index contributed by atoms with van der Waals surface area (Å²) in [4.78, 5) is 0. The topological polar surface area (TPSA) is 83.9 Å². The SMILES string of the molecule is C[C@H](c1ccc(C#N)cc1)S(N)(=O)=O. The molecule has 2 N–H and O–H groups in total. The number of nitrogens with zero attached hydrogens (tertiary/aromatic N) is 1. The van der Waals surface area contributed by atoms with Crippen molar-refractivity contribution >= 4 is 10.0 Å². The van der Waals surface area contributed by atoms with Crippen molar-refractivity contribution < 1.29 is 8.42 Å². The quantitative estimate of drug-likeness (QED) is 0.787. The van der Waals surface area contributed by atoms with E-state index in [1.54, 1.807) is 24.3 Å². The average Bonchev–Trinajstić information content (AvgIpc) is 2.15. The van der Waals surface area contributed by atoms with Crippen LogP contribution in [0.25, 0.3) is 0 Å². The fraction of sp³-hybridized carbons (Fsp3) is 0.222. The van der Waals surface area contributed by atoms with E-state index in [4.69, 9.17) is 10.4 Å². The summed E-state index contributed by atoms with van der Waals surface area (Å²) in [6.45, 7) is 1.51. The van der Waals surface area contributed by atoms with E-state index < -0.39 is 15.3 Å². The molecular weight excluding hydrogens is 200 g/mol. The monoisotopic (exact) mass is 210 g/mol. The molecule has 0 aliphatic carbocycles. The standard InChI is InChI=1S/C9H10N2O2S/c1-7(14(11,12)13)9-4-2-8(6-10)3-5-9/h2-5,7H,1H3,(H2,11,12,13)/t7-/m1/s1. The second-order valence-electron chi connectivity index (χ2n) is 2.97. The van der Waals surface area contributed by atoms with Crippen LogP contribution in [0.3, 0.4) is 0 Å². The van der Waals surface area contributed by atoms with Crippen molar-refractivity contribution in [1.82, 2.24) is 0 Å². The van der Waals surface area contributed by atoms with Gasteiger partial charge in [-0.2, -0.15) is 5.26 Å². The minimum Gasteiger partial charge on any atom is -0.228 e. The fourth-order valence-electron chi connectivity index (χ4n) is 1.02. The first-order chi connectivity index (χ1) is 6.45. The van der Waals surface area contributed by atoms with Gasteiger partial charge in [-0.25, -0.2) is 13.6 Å². The maximum atomic E-state index is 11.0. The smallest absolute Gasteiger partial charge is 0.215 e. The lowest BCUT2D eigenvalue weighted by atomic mass is 10.1. The highest BCUT2D eigenvalue weighted by Crippen LogP contribution is 2.19. The van der Waals surface area contributed by atoms with Crippen molar-refractivity contribution in [3.05, 3.63) is 35.4 Å². The molecule has 0 aliphatic heterocycles. The Hall–Kier alpha value is -1.38. The molecular formula is C9H10N2O2S. The van der Waals surface area contributed by atoms with Crippen LogP contribution in [0, 0.1) is 11.3 Å². The van der Waals surface area contributed by atoms with Crippen molar-refractivity contribution in [3.8, 4) is 6.07 Å². The van der Waals surface area contributed by atoms with Crippen molar-refractivity contribution in [2.45, 2.75) is 12.2 Å². The summed E-state index contributed by atoms with van der Waals surface area (Å²) in [7, 11) is -3.56. The third kappa shape index (κ3) is 2.31. The molecule has 0 saturated heterocycles. The van der Waals surface area contributed by atoms with Gasteiger partial charge in [0.15, 0.2) is 0 Å². The summed E-state index contributed by atoms with van der Waals surface area (Å²) in [6.07, 6.45) is 0. The first kappa shape index (κ1) is 10.7. The van der Waals surface area contributed by atoms with E-state index in [1.165, 1.54) is 6.92 Å². The van der Waals surface area contributed by atoms with Crippen molar-refractivity contribution in [2.75, 3.05) is 0 Å². The summed E-state index contributed by atoms with van der Waals surface area (Å²) < 4.78 is 22.0.